The molecule has 1 aromatic carbocycles. The smallest absolute Gasteiger partial charge is 0.125 e. The van der Waals surface area contributed by atoms with E-state index in [-0.39, 0.29) is 5.82 Å². The summed E-state index contributed by atoms with van der Waals surface area (Å²) in [4.78, 5) is 4.14. The van der Waals surface area contributed by atoms with E-state index in [0.29, 0.717) is 16.5 Å². The van der Waals surface area contributed by atoms with Gasteiger partial charge in [0.1, 0.15) is 5.82 Å². The minimum Gasteiger partial charge on any atom is -0.399 e. The van der Waals surface area contributed by atoms with Crippen LogP contribution in [0, 0.1) is 5.82 Å². The second-order valence-electron chi connectivity index (χ2n) is 3.50. The van der Waals surface area contributed by atoms with E-state index in [9.17, 15) is 4.39 Å². The van der Waals surface area contributed by atoms with E-state index in [1.807, 2.05) is 6.07 Å². The molecule has 0 saturated heterocycles. The Kier molecular flexibility index (Phi) is 3.86. The van der Waals surface area contributed by atoms with Crippen LogP contribution >= 0.6 is 23.4 Å². The molecule has 0 atom stereocenters. The molecule has 88 valence electrons. The van der Waals surface area contributed by atoms with E-state index in [1.165, 1.54) is 23.9 Å². The molecule has 5 heteroatoms. The molecular formula is C12H10ClFN2S. The fourth-order valence-electron chi connectivity index (χ4n) is 1.36. The lowest BCUT2D eigenvalue weighted by atomic mass is 10.2. The summed E-state index contributed by atoms with van der Waals surface area (Å²) in [6, 6.07) is 8.13. The molecule has 0 aliphatic heterocycles. The number of hydrogen-bond donors (Lipinski definition) is 1. The first-order valence-corrected chi connectivity index (χ1v) is 6.29. The van der Waals surface area contributed by atoms with Crippen molar-refractivity contribution >= 4 is 29.1 Å². The Labute approximate surface area is 108 Å². The van der Waals surface area contributed by atoms with Crippen LogP contribution in [0.1, 0.15) is 5.56 Å². The summed E-state index contributed by atoms with van der Waals surface area (Å²) in [7, 11) is 0. The van der Waals surface area contributed by atoms with Gasteiger partial charge in [0.15, 0.2) is 0 Å². The van der Waals surface area contributed by atoms with Crippen LogP contribution in [-0.4, -0.2) is 4.98 Å². The maximum Gasteiger partial charge on any atom is 0.125 e. The first-order chi connectivity index (χ1) is 8.13. The zero-order valence-corrected chi connectivity index (χ0v) is 10.4. The molecule has 2 nitrogen and oxygen atoms in total. The number of thioether (sulfide) groups is 1. The SMILES string of the molecule is Nc1cc(F)cc(CSc2ccc(Cl)cn2)c1. The summed E-state index contributed by atoms with van der Waals surface area (Å²) in [5, 5.41) is 1.45. The normalized spacial score (nSPS) is 10.5. The minimum absolute atomic E-state index is 0.315. The van der Waals surface area contributed by atoms with Gasteiger partial charge >= 0.3 is 0 Å². The molecule has 0 aliphatic carbocycles. The number of rotatable bonds is 3. The van der Waals surface area contributed by atoms with Gasteiger partial charge in [-0.3, -0.25) is 0 Å². The maximum absolute atomic E-state index is 13.1. The Bertz CT molecular complexity index is 496. The third-order valence-corrected chi connectivity index (χ3v) is 3.31. The van der Waals surface area contributed by atoms with Gasteiger partial charge in [-0.2, -0.15) is 0 Å². The van der Waals surface area contributed by atoms with Gasteiger partial charge in [-0.1, -0.05) is 11.6 Å². The Morgan fingerprint density at radius 3 is 2.76 bits per heavy atom. The Morgan fingerprint density at radius 1 is 1.29 bits per heavy atom. The van der Waals surface area contributed by atoms with E-state index < -0.39 is 0 Å². The molecule has 2 N–H and O–H groups in total. The van der Waals surface area contributed by atoms with Crippen LogP contribution in [0.25, 0.3) is 0 Å². The number of benzene rings is 1. The number of anilines is 1. The van der Waals surface area contributed by atoms with Crippen molar-refractivity contribution < 1.29 is 4.39 Å². The minimum atomic E-state index is -0.315. The highest BCUT2D eigenvalue weighted by Crippen LogP contribution is 2.23. The zero-order valence-electron chi connectivity index (χ0n) is 8.86. The van der Waals surface area contributed by atoms with Crippen molar-refractivity contribution in [1.29, 1.82) is 0 Å². The monoisotopic (exact) mass is 268 g/mol. The van der Waals surface area contributed by atoms with Crippen molar-refractivity contribution in [1.82, 2.24) is 4.98 Å². The van der Waals surface area contributed by atoms with Crippen molar-refractivity contribution in [3.05, 3.63) is 52.9 Å². The van der Waals surface area contributed by atoms with Gasteiger partial charge < -0.3 is 5.73 Å². The van der Waals surface area contributed by atoms with Gasteiger partial charge in [-0.15, -0.1) is 11.8 Å². The average molecular weight is 269 g/mol. The summed E-state index contributed by atoms with van der Waals surface area (Å²) in [5.41, 5.74) is 6.84. The van der Waals surface area contributed by atoms with Crippen LogP contribution in [0.2, 0.25) is 5.02 Å². The van der Waals surface area contributed by atoms with Crippen molar-refractivity contribution in [2.45, 2.75) is 10.8 Å². The molecule has 17 heavy (non-hydrogen) atoms. The molecule has 0 radical (unpaired) electrons. The Balaban J connectivity index is 2.04. The first kappa shape index (κ1) is 12.2. The molecule has 1 heterocycles. The Hall–Kier alpha value is -1.26. The predicted octanol–water partition coefficient (Wildman–Crippen LogP) is 3.75. The molecule has 0 aliphatic rings. The second-order valence-corrected chi connectivity index (χ2v) is 4.93. The fourth-order valence-corrected chi connectivity index (χ4v) is 2.25. The summed E-state index contributed by atoms with van der Waals surface area (Å²) in [6.45, 7) is 0. The van der Waals surface area contributed by atoms with Crippen molar-refractivity contribution in [3.63, 3.8) is 0 Å². The summed E-state index contributed by atoms with van der Waals surface area (Å²) in [6.07, 6.45) is 1.59. The van der Waals surface area contributed by atoms with Crippen LogP contribution in [-0.2, 0) is 5.75 Å². The van der Waals surface area contributed by atoms with Gasteiger partial charge in [0.05, 0.1) is 10.0 Å². The topological polar surface area (TPSA) is 38.9 Å². The number of aromatic nitrogens is 1. The molecule has 2 rings (SSSR count). The lowest BCUT2D eigenvalue weighted by Crippen LogP contribution is -1.90. The highest BCUT2D eigenvalue weighted by molar-refractivity contribution is 7.98. The van der Waals surface area contributed by atoms with Gasteiger partial charge in [-0.05, 0) is 35.9 Å². The quantitative estimate of drug-likeness (QED) is 0.681. The van der Waals surface area contributed by atoms with Crippen molar-refractivity contribution in [2.75, 3.05) is 5.73 Å². The third-order valence-electron chi connectivity index (χ3n) is 2.07. The highest BCUT2D eigenvalue weighted by atomic mass is 35.5. The molecular weight excluding hydrogens is 259 g/mol. The van der Waals surface area contributed by atoms with Crippen LogP contribution < -0.4 is 5.73 Å². The number of nitrogens with two attached hydrogens (primary N) is 1. The predicted molar refractivity (Wildman–Crippen MR) is 69.6 cm³/mol. The molecule has 0 amide bonds. The number of halogens is 2. The molecule has 0 saturated carbocycles. The van der Waals surface area contributed by atoms with Crippen LogP contribution in [0.5, 0.6) is 0 Å². The average Bonchev–Trinajstić information content (AvgIpc) is 2.27. The lowest BCUT2D eigenvalue weighted by molar-refractivity contribution is 0.627. The third kappa shape index (κ3) is 3.61. The molecule has 2 aromatic rings. The molecule has 0 unspecified atom stereocenters. The zero-order chi connectivity index (χ0) is 12.3. The van der Waals surface area contributed by atoms with Crippen LogP contribution in [0.3, 0.4) is 0 Å². The van der Waals surface area contributed by atoms with Gasteiger partial charge in [-0.25, -0.2) is 9.37 Å². The van der Waals surface area contributed by atoms with Crippen LogP contribution in [0.4, 0.5) is 10.1 Å². The summed E-state index contributed by atoms with van der Waals surface area (Å²) in [5.74, 6) is 0.306. The van der Waals surface area contributed by atoms with E-state index in [0.717, 1.165) is 10.6 Å². The number of pyridine rings is 1. The molecule has 0 bridgehead atoms. The van der Waals surface area contributed by atoms with Gasteiger partial charge in [0.25, 0.3) is 0 Å². The number of nitrogens with zero attached hydrogens (tertiary/aromatic N) is 1. The summed E-state index contributed by atoms with van der Waals surface area (Å²) >= 11 is 7.24. The van der Waals surface area contributed by atoms with Crippen molar-refractivity contribution in [3.8, 4) is 0 Å². The summed E-state index contributed by atoms with van der Waals surface area (Å²) < 4.78 is 13.1. The standard InChI is InChI=1S/C12H10ClFN2S/c13-9-1-2-12(16-6-9)17-7-8-3-10(14)5-11(15)4-8/h1-6H,7,15H2. The maximum atomic E-state index is 13.1. The molecule has 0 fully saturated rings. The van der Waals surface area contributed by atoms with Crippen LogP contribution in [0.15, 0.2) is 41.6 Å². The van der Waals surface area contributed by atoms with E-state index in [2.05, 4.69) is 4.98 Å². The Morgan fingerprint density at radius 2 is 2.12 bits per heavy atom. The number of hydrogen-bond acceptors (Lipinski definition) is 3. The second kappa shape index (κ2) is 5.38. The molecule has 1 aromatic heterocycles. The van der Waals surface area contributed by atoms with Crippen molar-refractivity contribution in [2.24, 2.45) is 0 Å². The van der Waals surface area contributed by atoms with Gasteiger partial charge in [0.2, 0.25) is 0 Å². The number of nitrogen functional groups attached to an aromatic ring is 1. The van der Waals surface area contributed by atoms with E-state index in [1.54, 1.807) is 18.3 Å². The highest BCUT2D eigenvalue weighted by Gasteiger charge is 2.01. The lowest BCUT2D eigenvalue weighted by Gasteiger charge is -2.03. The van der Waals surface area contributed by atoms with E-state index in [4.69, 9.17) is 17.3 Å². The van der Waals surface area contributed by atoms with E-state index >= 15 is 0 Å². The molecule has 0 spiro atoms. The van der Waals surface area contributed by atoms with Gasteiger partial charge in [0, 0.05) is 17.6 Å². The first-order valence-electron chi connectivity index (χ1n) is 4.93. The largest absolute Gasteiger partial charge is 0.399 e. The fraction of sp³-hybridized carbons (Fsp3) is 0.0833.